The highest BCUT2D eigenvalue weighted by molar-refractivity contribution is 5.70. The average Bonchev–Trinajstić information content (AvgIpc) is 2.73. The van der Waals surface area contributed by atoms with Crippen molar-refractivity contribution in [3.05, 3.63) is 17.8 Å². The van der Waals surface area contributed by atoms with Crippen LogP contribution < -0.4 is 5.32 Å². The maximum Gasteiger partial charge on any atom is 0.306 e. The molecule has 0 radical (unpaired) electrons. The second-order valence-electron chi connectivity index (χ2n) is 4.62. The van der Waals surface area contributed by atoms with Crippen molar-refractivity contribution in [1.82, 2.24) is 10.3 Å². The van der Waals surface area contributed by atoms with Gasteiger partial charge >= 0.3 is 5.97 Å². The number of carbonyl (C=O) groups is 1. The van der Waals surface area contributed by atoms with Crippen molar-refractivity contribution in [2.75, 3.05) is 0 Å². The van der Waals surface area contributed by atoms with E-state index >= 15 is 0 Å². The second-order valence-corrected chi connectivity index (χ2v) is 4.62. The van der Waals surface area contributed by atoms with Crippen LogP contribution in [0.25, 0.3) is 0 Å². The maximum atomic E-state index is 10.8. The van der Waals surface area contributed by atoms with Crippen LogP contribution >= 0.6 is 0 Å². The molecule has 0 bridgehead atoms. The van der Waals surface area contributed by atoms with E-state index in [2.05, 4.69) is 10.3 Å². The Hall–Kier alpha value is -1.36. The monoisotopic (exact) mass is 238 g/mol. The summed E-state index contributed by atoms with van der Waals surface area (Å²) < 4.78 is 5.12. The van der Waals surface area contributed by atoms with E-state index in [0.29, 0.717) is 12.6 Å². The minimum atomic E-state index is -0.657. The molecule has 1 aliphatic carbocycles. The number of aromatic nitrogens is 1. The van der Waals surface area contributed by atoms with Gasteiger partial charge in [0.05, 0.1) is 11.6 Å². The Morgan fingerprint density at radius 3 is 2.76 bits per heavy atom. The van der Waals surface area contributed by atoms with Crippen molar-refractivity contribution in [2.45, 2.75) is 45.2 Å². The zero-order valence-corrected chi connectivity index (χ0v) is 9.98. The van der Waals surface area contributed by atoms with E-state index in [1.165, 1.54) is 6.39 Å². The van der Waals surface area contributed by atoms with Crippen molar-refractivity contribution in [3.8, 4) is 0 Å². The van der Waals surface area contributed by atoms with Crippen LogP contribution in [-0.2, 0) is 11.3 Å². The van der Waals surface area contributed by atoms with Gasteiger partial charge in [-0.05, 0) is 32.6 Å². The van der Waals surface area contributed by atoms with Crippen LogP contribution in [0.5, 0.6) is 0 Å². The highest BCUT2D eigenvalue weighted by Gasteiger charge is 2.25. The lowest BCUT2D eigenvalue weighted by Gasteiger charge is -2.26. The van der Waals surface area contributed by atoms with E-state index in [1.807, 2.05) is 6.92 Å². The standard InChI is InChI=1S/C12H18N2O3/c1-8-11(14-7-17-8)6-13-10-4-2-9(3-5-10)12(15)16/h7,9-10,13H,2-6H2,1H3,(H,15,16). The SMILES string of the molecule is Cc1ocnc1CNC1CCC(C(=O)O)CC1. The van der Waals surface area contributed by atoms with Gasteiger partial charge in [-0.3, -0.25) is 4.79 Å². The van der Waals surface area contributed by atoms with Crippen LogP contribution in [-0.4, -0.2) is 22.1 Å². The third-order valence-corrected chi connectivity index (χ3v) is 3.48. The molecule has 1 saturated carbocycles. The van der Waals surface area contributed by atoms with Crippen LogP contribution in [0.4, 0.5) is 0 Å². The van der Waals surface area contributed by atoms with Crippen molar-refractivity contribution >= 4 is 5.97 Å². The minimum absolute atomic E-state index is 0.151. The fourth-order valence-corrected chi connectivity index (χ4v) is 2.28. The molecule has 5 heteroatoms. The number of nitrogens with one attached hydrogen (secondary N) is 1. The van der Waals surface area contributed by atoms with Gasteiger partial charge in [0.2, 0.25) is 0 Å². The molecule has 0 aromatic carbocycles. The fourth-order valence-electron chi connectivity index (χ4n) is 2.28. The first-order chi connectivity index (χ1) is 8.16. The van der Waals surface area contributed by atoms with Gasteiger partial charge in [0.25, 0.3) is 0 Å². The van der Waals surface area contributed by atoms with E-state index in [4.69, 9.17) is 9.52 Å². The van der Waals surface area contributed by atoms with Crippen molar-refractivity contribution in [3.63, 3.8) is 0 Å². The summed E-state index contributed by atoms with van der Waals surface area (Å²) in [4.78, 5) is 14.9. The van der Waals surface area contributed by atoms with Gasteiger partial charge in [0, 0.05) is 12.6 Å². The van der Waals surface area contributed by atoms with Gasteiger partial charge < -0.3 is 14.8 Å². The van der Waals surface area contributed by atoms with Gasteiger partial charge in [0.1, 0.15) is 5.76 Å². The summed E-state index contributed by atoms with van der Waals surface area (Å²) in [6, 6.07) is 0.404. The number of carboxylic acid groups (broad SMARTS) is 1. The topological polar surface area (TPSA) is 75.4 Å². The Morgan fingerprint density at radius 1 is 1.53 bits per heavy atom. The van der Waals surface area contributed by atoms with Crippen molar-refractivity contribution in [1.29, 1.82) is 0 Å². The summed E-state index contributed by atoms with van der Waals surface area (Å²) in [5, 5.41) is 12.3. The molecule has 17 heavy (non-hydrogen) atoms. The number of oxazole rings is 1. The van der Waals surface area contributed by atoms with E-state index in [1.54, 1.807) is 0 Å². The first kappa shape index (κ1) is 12.1. The van der Waals surface area contributed by atoms with Gasteiger partial charge in [-0.15, -0.1) is 0 Å². The highest BCUT2D eigenvalue weighted by Crippen LogP contribution is 2.24. The molecule has 5 nitrogen and oxygen atoms in total. The molecule has 1 fully saturated rings. The largest absolute Gasteiger partial charge is 0.481 e. The van der Waals surface area contributed by atoms with Crippen LogP contribution in [0.15, 0.2) is 10.8 Å². The first-order valence-corrected chi connectivity index (χ1v) is 6.02. The molecule has 0 amide bonds. The Bertz CT molecular complexity index is 381. The van der Waals surface area contributed by atoms with Crippen molar-refractivity contribution in [2.24, 2.45) is 5.92 Å². The molecule has 1 aliphatic rings. The van der Waals surface area contributed by atoms with Gasteiger partial charge in [-0.25, -0.2) is 4.98 Å². The van der Waals surface area contributed by atoms with Crippen LogP contribution in [0.2, 0.25) is 0 Å². The highest BCUT2D eigenvalue weighted by atomic mass is 16.4. The molecule has 0 spiro atoms. The molecule has 2 N–H and O–H groups in total. The third-order valence-electron chi connectivity index (χ3n) is 3.48. The number of hydrogen-bond acceptors (Lipinski definition) is 4. The average molecular weight is 238 g/mol. The number of carboxylic acids is 1. The molecule has 1 aromatic rings. The Morgan fingerprint density at radius 2 is 2.24 bits per heavy atom. The smallest absolute Gasteiger partial charge is 0.306 e. The van der Waals surface area contributed by atoms with E-state index in [-0.39, 0.29) is 5.92 Å². The Balaban J connectivity index is 1.75. The van der Waals surface area contributed by atoms with E-state index in [9.17, 15) is 4.79 Å². The molecule has 0 unspecified atom stereocenters. The summed E-state index contributed by atoms with van der Waals surface area (Å²) >= 11 is 0. The molecule has 0 saturated heterocycles. The molecule has 0 aliphatic heterocycles. The van der Waals surface area contributed by atoms with E-state index in [0.717, 1.165) is 37.1 Å². The van der Waals surface area contributed by atoms with Gasteiger partial charge in [0.15, 0.2) is 6.39 Å². The summed E-state index contributed by atoms with van der Waals surface area (Å²) in [7, 11) is 0. The molecule has 0 atom stereocenters. The molecule has 1 heterocycles. The number of hydrogen-bond donors (Lipinski definition) is 2. The third kappa shape index (κ3) is 3.06. The zero-order chi connectivity index (χ0) is 12.3. The number of nitrogens with zero attached hydrogens (tertiary/aromatic N) is 1. The predicted molar refractivity (Wildman–Crippen MR) is 61.5 cm³/mol. The molecular formula is C12H18N2O3. The molecular weight excluding hydrogens is 220 g/mol. The number of aryl methyl sites for hydroxylation is 1. The summed E-state index contributed by atoms with van der Waals surface area (Å²) in [6.07, 6.45) is 4.84. The lowest BCUT2D eigenvalue weighted by atomic mass is 9.86. The normalized spacial score (nSPS) is 24.8. The van der Waals surface area contributed by atoms with Crippen LogP contribution in [0.3, 0.4) is 0 Å². The second kappa shape index (κ2) is 5.31. The van der Waals surface area contributed by atoms with Crippen LogP contribution in [0.1, 0.15) is 37.1 Å². The molecule has 94 valence electrons. The summed E-state index contributed by atoms with van der Waals surface area (Å²) in [5.74, 6) is 0.0364. The predicted octanol–water partition coefficient (Wildman–Crippen LogP) is 1.72. The zero-order valence-electron chi connectivity index (χ0n) is 9.98. The fraction of sp³-hybridized carbons (Fsp3) is 0.667. The summed E-state index contributed by atoms with van der Waals surface area (Å²) in [5.41, 5.74) is 0.936. The lowest BCUT2D eigenvalue weighted by molar-refractivity contribution is -0.142. The summed E-state index contributed by atoms with van der Waals surface area (Å²) in [6.45, 7) is 2.59. The Kier molecular flexibility index (Phi) is 3.78. The maximum absolute atomic E-state index is 10.8. The number of aliphatic carboxylic acids is 1. The van der Waals surface area contributed by atoms with Gasteiger partial charge in [-0.2, -0.15) is 0 Å². The van der Waals surface area contributed by atoms with Gasteiger partial charge in [-0.1, -0.05) is 0 Å². The molecule has 1 aromatic heterocycles. The van der Waals surface area contributed by atoms with Crippen molar-refractivity contribution < 1.29 is 14.3 Å². The molecule has 2 rings (SSSR count). The first-order valence-electron chi connectivity index (χ1n) is 6.02. The minimum Gasteiger partial charge on any atom is -0.481 e. The van der Waals surface area contributed by atoms with E-state index < -0.39 is 5.97 Å². The quantitative estimate of drug-likeness (QED) is 0.835. The van der Waals surface area contributed by atoms with Crippen LogP contribution in [0, 0.1) is 12.8 Å². The lowest BCUT2D eigenvalue weighted by Crippen LogP contribution is -2.34. The number of rotatable bonds is 4. The Labute approximate surface area is 100 Å².